The Balaban J connectivity index is 1.47. The van der Waals surface area contributed by atoms with Crippen LogP contribution < -0.4 is 0 Å². The molecule has 1 spiro atoms. The number of hydrogen-bond donors (Lipinski definition) is 1. The molecule has 3 saturated carbocycles. The molecule has 0 unspecified atom stereocenters. The lowest BCUT2D eigenvalue weighted by molar-refractivity contribution is -0.186. The average Bonchev–Trinajstić information content (AvgIpc) is 3.19. The third kappa shape index (κ3) is 2.00. The topological polar surface area (TPSA) is 62.5 Å². The van der Waals surface area contributed by atoms with E-state index >= 15 is 0 Å². The molecule has 5 aliphatic rings. The molecular formula is C22H31NO3. The van der Waals surface area contributed by atoms with Gasteiger partial charge in [-0.3, -0.25) is 0 Å². The predicted molar refractivity (Wildman–Crippen MR) is 96.9 cm³/mol. The fraction of sp³-hybridized carbons (Fsp3) is 0.864. The van der Waals surface area contributed by atoms with E-state index in [0.29, 0.717) is 24.2 Å². The zero-order valence-electron chi connectivity index (χ0n) is 16.1. The first-order chi connectivity index (χ1) is 12.4. The quantitative estimate of drug-likeness (QED) is 0.527. The highest BCUT2D eigenvalue weighted by atomic mass is 16.7. The summed E-state index contributed by atoms with van der Waals surface area (Å²) in [5.74, 6) is 1.38. The number of nitriles is 1. The number of aliphatic hydroxyl groups is 1. The first-order valence-corrected chi connectivity index (χ1v) is 10.5. The van der Waals surface area contributed by atoms with Gasteiger partial charge in [0.2, 0.25) is 0 Å². The van der Waals surface area contributed by atoms with Crippen molar-refractivity contribution in [3.8, 4) is 6.07 Å². The van der Waals surface area contributed by atoms with Gasteiger partial charge in [0.15, 0.2) is 11.4 Å². The summed E-state index contributed by atoms with van der Waals surface area (Å²) in [4.78, 5) is 0. The Morgan fingerprint density at radius 3 is 2.54 bits per heavy atom. The Bertz CT molecular complexity index is 690. The minimum Gasteiger partial charge on any atom is -0.375 e. The maximum atomic E-state index is 11.0. The van der Waals surface area contributed by atoms with E-state index in [1.165, 1.54) is 0 Å². The van der Waals surface area contributed by atoms with E-state index in [1.54, 1.807) is 5.57 Å². The minimum atomic E-state index is -1.13. The molecule has 1 saturated heterocycles. The van der Waals surface area contributed by atoms with Crippen LogP contribution in [0.3, 0.4) is 0 Å². The van der Waals surface area contributed by atoms with Gasteiger partial charge < -0.3 is 14.6 Å². The molecule has 0 radical (unpaired) electrons. The molecule has 4 nitrogen and oxygen atoms in total. The SMILES string of the molecule is C[C@]12CCC3(CC1=CC[C@@H]1[C@H]2CC[C@@]2(C)[C@H]1CC[C@]2(O)C#N)OCCO3. The van der Waals surface area contributed by atoms with Crippen molar-refractivity contribution in [1.29, 1.82) is 5.26 Å². The monoisotopic (exact) mass is 357 g/mol. The molecule has 142 valence electrons. The fourth-order valence-electron chi connectivity index (χ4n) is 7.55. The average molecular weight is 357 g/mol. The summed E-state index contributed by atoms with van der Waals surface area (Å²) in [6, 6.07) is 2.28. The van der Waals surface area contributed by atoms with Gasteiger partial charge in [-0.2, -0.15) is 5.26 Å². The van der Waals surface area contributed by atoms with Crippen molar-refractivity contribution >= 4 is 0 Å². The lowest BCUT2D eigenvalue weighted by Crippen LogP contribution is -2.55. The predicted octanol–water partition coefficient (Wildman–Crippen LogP) is 3.95. The molecule has 0 aromatic heterocycles. The largest absolute Gasteiger partial charge is 0.375 e. The zero-order chi connectivity index (χ0) is 18.2. The number of fused-ring (bicyclic) bond motifs is 5. The second kappa shape index (κ2) is 5.34. The number of nitrogens with zero attached hydrogens (tertiary/aromatic N) is 1. The van der Waals surface area contributed by atoms with Crippen LogP contribution in [0, 0.1) is 39.9 Å². The molecule has 1 aliphatic heterocycles. The minimum absolute atomic E-state index is 0.234. The summed E-state index contributed by atoms with van der Waals surface area (Å²) in [6.07, 6.45) is 10.4. The van der Waals surface area contributed by atoms with Crippen LogP contribution in [-0.2, 0) is 9.47 Å². The van der Waals surface area contributed by atoms with Crippen molar-refractivity contribution < 1.29 is 14.6 Å². The first kappa shape index (κ1) is 17.2. The highest BCUT2D eigenvalue weighted by Gasteiger charge is 2.64. The van der Waals surface area contributed by atoms with Crippen LogP contribution in [0.2, 0.25) is 0 Å². The van der Waals surface area contributed by atoms with Gasteiger partial charge in [0.05, 0.1) is 19.3 Å². The van der Waals surface area contributed by atoms with E-state index in [-0.39, 0.29) is 16.6 Å². The summed E-state index contributed by atoms with van der Waals surface area (Å²) >= 11 is 0. The van der Waals surface area contributed by atoms with Crippen LogP contribution >= 0.6 is 0 Å². The number of hydrogen-bond acceptors (Lipinski definition) is 4. The van der Waals surface area contributed by atoms with E-state index in [9.17, 15) is 10.4 Å². The van der Waals surface area contributed by atoms with Crippen LogP contribution in [-0.4, -0.2) is 29.7 Å². The molecule has 1 heterocycles. The van der Waals surface area contributed by atoms with E-state index in [1.807, 2.05) is 0 Å². The third-order valence-electron chi connectivity index (χ3n) is 9.26. The van der Waals surface area contributed by atoms with Crippen molar-refractivity contribution in [1.82, 2.24) is 0 Å². The Kier molecular flexibility index (Phi) is 3.54. The lowest BCUT2D eigenvalue weighted by atomic mass is 9.47. The molecule has 0 aromatic rings. The fourth-order valence-corrected chi connectivity index (χ4v) is 7.55. The molecule has 1 N–H and O–H groups in total. The molecule has 4 fully saturated rings. The van der Waals surface area contributed by atoms with Gasteiger partial charge in [0.25, 0.3) is 0 Å². The normalized spacial score (nSPS) is 51.9. The van der Waals surface area contributed by atoms with E-state index in [2.05, 4.69) is 26.0 Å². The van der Waals surface area contributed by atoms with Crippen LogP contribution in [0.15, 0.2) is 11.6 Å². The summed E-state index contributed by atoms with van der Waals surface area (Å²) in [6.45, 7) is 6.10. The van der Waals surface area contributed by atoms with Gasteiger partial charge in [-0.25, -0.2) is 0 Å². The Hall–Kier alpha value is -0.890. The van der Waals surface area contributed by atoms with Crippen molar-refractivity contribution in [3.63, 3.8) is 0 Å². The van der Waals surface area contributed by atoms with Gasteiger partial charge in [-0.1, -0.05) is 25.5 Å². The van der Waals surface area contributed by atoms with Crippen LogP contribution in [0.25, 0.3) is 0 Å². The molecule has 0 amide bonds. The van der Waals surface area contributed by atoms with E-state index in [4.69, 9.17) is 9.47 Å². The maximum absolute atomic E-state index is 11.0. The summed E-state index contributed by atoms with van der Waals surface area (Å²) in [7, 11) is 0. The smallest absolute Gasteiger partial charge is 0.172 e. The van der Waals surface area contributed by atoms with E-state index < -0.39 is 5.60 Å². The molecule has 6 atom stereocenters. The summed E-state index contributed by atoms with van der Waals surface area (Å²) in [5.41, 5.74) is 0.412. The van der Waals surface area contributed by atoms with Crippen LogP contribution in [0.4, 0.5) is 0 Å². The van der Waals surface area contributed by atoms with Crippen LogP contribution in [0.5, 0.6) is 0 Å². The first-order valence-electron chi connectivity index (χ1n) is 10.5. The third-order valence-corrected chi connectivity index (χ3v) is 9.26. The molecule has 0 bridgehead atoms. The molecular weight excluding hydrogens is 326 g/mol. The molecule has 4 heteroatoms. The van der Waals surface area contributed by atoms with Crippen molar-refractivity contribution in [2.75, 3.05) is 13.2 Å². The number of allylic oxidation sites excluding steroid dienone is 1. The molecule has 5 rings (SSSR count). The molecule has 26 heavy (non-hydrogen) atoms. The number of rotatable bonds is 0. The van der Waals surface area contributed by atoms with E-state index in [0.717, 1.165) is 58.2 Å². The lowest BCUT2D eigenvalue weighted by Gasteiger charge is -2.59. The van der Waals surface area contributed by atoms with Gasteiger partial charge in [0.1, 0.15) is 0 Å². The Morgan fingerprint density at radius 2 is 1.81 bits per heavy atom. The van der Waals surface area contributed by atoms with Gasteiger partial charge in [0, 0.05) is 18.3 Å². The highest BCUT2D eigenvalue weighted by Crippen LogP contribution is 2.67. The van der Waals surface area contributed by atoms with Crippen molar-refractivity contribution in [2.45, 2.75) is 76.6 Å². The van der Waals surface area contributed by atoms with Gasteiger partial charge in [-0.15, -0.1) is 0 Å². The Labute approximate surface area is 156 Å². The second-order valence-corrected chi connectivity index (χ2v) is 10.0. The van der Waals surface area contributed by atoms with Crippen molar-refractivity contribution in [3.05, 3.63) is 11.6 Å². The second-order valence-electron chi connectivity index (χ2n) is 10.0. The van der Waals surface area contributed by atoms with Gasteiger partial charge in [-0.05, 0) is 61.7 Å². The molecule has 4 aliphatic carbocycles. The Morgan fingerprint density at radius 1 is 1.08 bits per heavy atom. The zero-order valence-corrected chi connectivity index (χ0v) is 16.1. The van der Waals surface area contributed by atoms with Crippen molar-refractivity contribution in [2.24, 2.45) is 28.6 Å². The standard InChI is InChI=1S/C22H31NO3/c1-19-9-10-22(25-11-12-26-22)13-15(19)3-4-16-17(19)5-7-20(2)18(16)6-8-21(20,24)14-23/h3,16-18,24H,4-13H2,1-2H3/t16-,17-,18+,19+,20+,21+/m1/s1. The summed E-state index contributed by atoms with van der Waals surface area (Å²) in [5, 5.41) is 20.6. The number of ether oxygens (including phenoxy) is 2. The van der Waals surface area contributed by atoms with Gasteiger partial charge >= 0.3 is 0 Å². The maximum Gasteiger partial charge on any atom is 0.172 e. The van der Waals surface area contributed by atoms with Crippen LogP contribution in [0.1, 0.15) is 65.2 Å². The highest BCUT2D eigenvalue weighted by molar-refractivity contribution is 5.28. The summed E-state index contributed by atoms with van der Waals surface area (Å²) < 4.78 is 12.0. The molecule has 0 aromatic carbocycles.